The second kappa shape index (κ2) is 7.91. The standard InChI is InChI=1S/C20H28N2O4/c1-12(2)20(4,11-21)22-18(23)9-8-16-13(3)15-7-6-14(25-5)10-17(15)26-19(16)24/h6-7,10,12H,8-9,11,21H2,1-5H3,(H,22,23). The van der Waals surface area contributed by atoms with Crippen molar-refractivity contribution in [1.82, 2.24) is 5.32 Å². The molecule has 0 fully saturated rings. The van der Waals surface area contributed by atoms with Crippen molar-refractivity contribution >= 4 is 16.9 Å². The molecular weight excluding hydrogens is 332 g/mol. The summed E-state index contributed by atoms with van der Waals surface area (Å²) in [5.74, 6) is 0.709. The summed E-state index contributed by atoms with van der Waals surface area (Å²) in [5, 5.41) is 3.83. The number of amides is 1. The number of fused-ring (bicyclic) bond motifs is 1. The Morgan fingerprint density at radius 1 is 1.38 bits per heavy atom. The number of methoxy groups -OCH3 is 1. The maximum absolute atomic E-state index is 12.4. The molecule has 1 unspecified atom stereocenters. The Morgan fingerprint density at radius 2 is 2.08 bits per heavy atom. The Kier molecular flexibility index (Phi) is 6.08. The summed E-state index contributed by atoms with van der Waals surface area (Å²) in [6, 6.07) is 5.37. The average Bonchev–Trinajstić information content (AvgIpc) is 2.60. The van der Waals surface area contributed by atoms with E-state index in [0.717, 1.165) is 10.9 Å². The summed E-state index contributed by atoms with van der Waals surface area (Å²) >= 11 is 0. The monoisotopic (exact) mass is 360 g/mol. The molecule has 1 atom stereocenters. The van der Waals surface area contributed by atoms with Gasteiger partial charge in [0.2, 0.25) is 5.91 Å². The van der Waals surface area contributed by atoms with E-state index in [1.165, 1.54) is 0 Å². The topological polar surface area (TPSA) is 94.6 Å². The molecule has 0 radical (unpaired) electrons. The van der Waals surface area contributed by atoms with Gasteiger partial charge < -0.3 is 20.2 Å². The van der Waals surface area contributed by atoms with Crippen LogP contribution in [0.5, 0.6) is 5.75 Å². The number of ether oxygens (including phenoxy) is 1. The van der Waals surface area contributed by atoms with Crippen LogP contribution in [0, 0.1) is 12.8 Å². The molecule has 0 spiro atoms. The lowest BCUT2D eigenvalue weighted by Crippen LogP contribution is -2.55. The third-order valence-corrected chi connectivity index (χ3v) is 5.22. The van der Waals surface area contributed by atoms with E-state index >= 15 is 0 Å². The molecule has 0 aliphatic rings. The molecule has 0 saturated heterocycles. The Bertz CT molecular complexity index is 857. The van der Waals surface area contributed by atoms with E-state index in [0.29, 0.717) is 29.9 Å². The van der Waals surface area contributed by atoms with Crippen LogP contribution in [0.4, 0.5) is 0 Å². The van der Waals surface area contributed by atoms with Gasteiger partial charge in [-0.25, -0.2) is 4.79 Å². The number of aryl methyl sites for hydroxylation is 1. The van der Waals surface area contributed by atoms with Gasteiger partial charge in [-0.3, -0.25) is 4.79 Å². The zero-order chi connectivity index (χ0) is 19.5. The van der Waals surface area contributed by atoms with Gasteiger partial charge in [-0.1, -0.05) is 13.8 Å². The van der Waals surface area contributed by atoms with Crippen molar-refractivity contribution in [1.29, 1.82) is 0 Å². The first kappa shape index (κ1) is 20.0. The van der Waals surface area contributed by atoms with Crippen molar-refractivity contribution < 1.29 is 13.9 Å². The molecule has 2 rings (SSSR count). The number of rotatable bonds is 7. The third kappa shape index (κ3) is 4.07. The molecule has 1 aromatic heterocycles. The van der Waals surface area contributed by atoms with Crippen LogP contribution in [0.15, 0.2) is 27.4 Å². The molecule has 0 saturated carbocycles. The van der Waals surface area contributed by atoms with Crippen LogP contribution in [0.25, 0.3) is 11.0 Å². The van der Waals surface area contributed by atoms with Crippen LogP contribution in [0.3, 0.4) is 0 Å². The molecule has 1 aromatic carbocycles. The van der Waals surface area contributed by atoms with E-state index in [9.17, 15) is 9.59 Å². The van der Waals surface area contributed by atoms with Crippen LogP contribution in [-0.4, -0.2) is 25.1 Å². The Labute approximate surface area is 153 Å². The highest BCUT2D eigenvalue weighted by atomic mass is 16.5. The van der Waals surface area contributed by atoms with Crippen molar-refractivity contribution in [2.75, 3.05) is 13.7 Å². The van der Waals surface area contributed by atoms with Gasteiger partial charge in [0, 0.05) is 30.0 Å². The SMILES string of the molecule is COc1ccc2c(C)c(CCC(=O)NC(C)(CN)C(C)C)c(=O)oc2c1. The highest BCUT2D eigenvalue weighted by Crippen LogP contribution is 2.24. The molecule has 0 bridgehead atoms. The van der Waals surface area contributed by atoms with Crippen molar-refractivity contribution in [3.63, 3.8) is 0 Å². The van der Waals surface area contributed by atoms with Crippen molar-refractivity contribution in [2.24, 2.45) is 11.7 Å². The maximum Gasteiger partial charge on any atom is 0.339 e. The number of nitrogens with one attached hydrogen (secondary N) is 1. The normalized spacial score (nSPS) is 13.7. The lowest BCUT2D eigenvalue weighted by atomic mass is 9.88. The summed E-state index contributed by atoms with van der Waals surface area (Å²) in [5.41, 5.74) is 6.77. The second-order valence-electron chi connectivity index (χ2n) is 7.18. The molecule has 6 nitrogen and oxygen atoms in total. The quantitative estimate of drug-likeness (QED) is 0.740. The Morgan fingerprint density at radius 3 is 2.65 bits per heavy atom. The molecule has 0 aliphatic carbocycles. The molecular formula is C20H28N2O4. The van der Waals surface area contributed by atoms with Gasteiger partial charge in [0.1, 0.15) is 11.3 Å². The van der Waals surface area contributed by atoms with Gasteiger partial charge in [0.25, 0.3) is 0 Å². The fourth-order valence-corrected chi connectivity index (χ4v) is 2.84. The number of hydrogen-bond acceptors (Lipinski definition) is 5. The predicted octanol–water partition coefficient (Wildman–Crippen LogP) is 2.53. The number of nitrogens with two attached hydrogens (primary N) is 1. The molecule has 3 N–H and O–H groups in total. The highest BCUT2D eigenvalue weighted by Gasteiger charge is 2.28. The first-order chi connectivity index (χ1) is 12.2. The second-order valence-corrected chi connectivity index (χ2v) is 7.18. The van der Waals surface area contributed by atoms with Crippen molar-refractivity contribution in [3.8, 4) is 5.75 Å². The van der Waals surface area contributed by atoms with Crippen molar-refractivity contribution in [2.45, 2.75) is 46.1 Å². The summed E-state index contributed by atoms with van der Waals surface area (Å²) in [4.78, 5) is 24.7. The zero-order valence-corrected chi connectivity index (χ0v) is 16.1. The maximum atomic E-state index is 12.4. The molecule has 6 heteroatoms. The largest absolute Gasteiger partial charge is 0.497 e. The van der Waals surface area contributed by atoms with E-state index in [4.69, 9.17) is 14.9 Å². The minimum atomic E-state index is -0.462. The van der Waals surface area contributed by atoms with Gasteiger partial charge in [-0.05, 0) is 43.9 Å². The summed E-state index contributed by atoms with van der Waals surface area (Å²) < 4.78 is 10.6. The van der Waals surface area contributed by atoms with Gasteiger partial charge in [0.05, 0.1) is 12.6 Å². The van der Waals surface area contributed by atoms with E-state index in [-0.39, 0.29) is 18.2 Å². The van der Waals surface area contributed by atoms with Crippen LogP contribution in [0.2, 0.25) is 0 Å². The Balaban J connectivity index is 2.21. The van der Waals surface area contributed by atoms with Gasteiger partial charge in [-0.15, -0.1) is 0 Å². The first-order valence-electron chi connectivity index (χ1n) is 8.83. The van der Waals surface area contributed by atoms with E-state index in [2.05, 4.69) is 5.32 Å². The predicted molar refractivity (Wildman–Crippen MR) is 103 cm³/mol. The average molecular weight is 360 g/mol. The fraction of sp³-hybridized carbons (Fsp3) is 0.500. The number of carbonyl (C=O) groups is 1. The van der Waals surface area contributed by atoms with E-state index < -0.39 is 11.2 Å². The minimum absolute atomic E-state index is 0.125. The molecule has 142 valence electrons. The molecule has 0 aliphatic heterocycles. The highest BCUT2D eigenvalue weighted by molar-refractivity contribution is 5.83. The molecule has 1 heterocycles. The van der Waals surface area contributed by atoms with Crippen LogP contribution in [-0.2, 0) is 11.2 Å². The van der Waals surface area contributed by atoms with Gasteiger partial charge in [0.15, 0.2) is 0 Å². The van der Waals surface area contributed by atoms with Gasteiger partial charge in [-0.2, -0.15) is 0 Å². The summed E-state index contributed by atoms with van der Waals surface area (Å²) in [6.45, 7) is 8.19. The number of hydrogen-bond donors (Lipinski definition) is 2. The summed E-state index contributed by atoms with van der Waals surface area (Å²) in [6.07, 6.45) is 0.524. The summed E-state index contributed by atoms with van der Waals surface area (Å²) in [7, 11) is 1.56. The number of benzene rings is 1. The Hall–Kier alpha value is -2.34. The minimum Gasteiger partial charge on any atom is -0.497 e. The van der Waals surface area contributed by atoms with Gasteiger partial charge >= 0.3 is 5.63 Å². The van der Waals surface area contributed by atoms with Crippen LogP contribution < -0.4 is 21.4 Å². The first-order valence-corrected chi connectivity index (χ1v) is 8.83. The van der Waals surface area contributed by atoms with Crippen LogP contribution >= 0.6 is 0 Å². The lowest BCUT2D eigenvalue weighted by molar-refractivity contribution is -0.123. The van der Waals surface area contributed by atoms with Crippen LogP contribution in [0.1, 0.15) is 38.3 Å². The molecule has 1 amide bonds. The number of carbonyl (C=O) groups excluding carboxylic acids is 1. The zero-order valence-electron chi connectivity index (χ0n) is 16.1. The third-order valence-electron chi connectivity index (χ3n) is 5.22. The lowest BCUT2D eigenvalue weighted by Gasteiger charge is -2.33. The fourth-order valence-electron chi connectivity index (χ4n) is 2.84. The molecule has 2 aromatic rings. The van der Waals surface area contributed by atoms with E-state index in [1.807, 2.05) is 39.8 Å². The van der Waals surface area contributed by atoms with Crippen molar-refractivity contribution in [3.05, 3.63) is 39.7 Å². The molecule has 26 heavy (non-hydrogen) atoms. The smallest absolute Gasteiger partial charge is 0.339 e. The van der Waals surface area contributed by atoms with E-state index in [1.54, 1.807) is 13.2 Å².